The van der Waals surface area contributed by atoms with Gasteiger partial charge in [0.1, 0.15) is 5.82 Å². The number of anilines is 1. The molecule has 3 aromatic rings. The summed E-state index contributed by atoms with van der Waals surface area (Å²) in [6.45, 7) is 5.25. The molecule has 4 rings (SSSR count). The number of benzene rings is 3. The van der Waals surface area contributed by atoms with Gasteiger partial charge in [-0.1, -0.05) is 54.2 Å². The third kappa shape index (κ3) is 6.42. The lowest BCUT2D eigenvalue weighted by Crippen LogP contribution is -2.34. The quantitative estimate of drug-likeness (QED) is 0.285. The van der Waals surface area contributed by atoms with Gasteiger partial charge in [0.05, 0.1) is 23.2 Å². The molecule has 0 radical (unpaired) electrons. The second-order valence-electron chi connectivity index (χ2n) is 8.71. The molecule has 0 aliphatic carbocycles. The molecule has 0 aromatic heterocycles. The monoisotopic (exact) mass is 504 g/mol. The summed E-state index contributed by atoms with van der Waals surface area (Å²) < 4.78 is 19.8. The van der Waals surface area contributed by atoms with Crippen molar-refractivity contribution < 1.29 is 18.7 Å². The Morgan fingerprint density at radius 2 is 1.78 bits per heavy atom. The van der Waals surface area contributed by atoms with E-state index in [2.05, 4.69) is 5.32 Å². The standard InChI is InChI=1S/C29H29FN2O3S/c1-20(2)35-17-7-16-31-28(33)22-14-12-21(13-15-22)18-27-29(34)32(19-23-8-3-4-9-24(23)30)25-10-5-6-11-26(25)36-27/h3-6,8-15,18,20H,7,16-17,19H2,1-2H3,(H,31,33). The first-order valence-electron chi connectivity index (χ1n) is 12.0. The zero-order valence-corrected chi connectivity index (χ0v) is 21.2. The number of rotatable bonds is 9. The summed E-state index contributed by atoms with van der Waals surface area (Å²) in [5.74, 6) is -0.674. The predicted molar refractivity (Wildman–Crippen MR) is 142 cm³/mol. The topological polar surface area (TPSA) is 58.6 Å². The number of carbonyl (C=O) groups excluding carboxylic acids is 2. The van der Waals surface area contributed by atoms with E-state index in [-0.39, 0.29) is 30.3 Å². The molecular weight excluding hydrogens is 475 g/mol. The van der Waals surface area contributed by atoms with Crippen LogP contribution in [0, 0.1) is 5.82 Å². The van der Waals surface area contributed by atoms with Crippen molar-refractivity contribution in [2.24, 2.45) is 0 Å². The van der Waals surface area contributed by atoms with Gasteiger partial charge in [-0.15, -0.1) is 0 Å². The van der Waals surface area contributed by atoms with Gasteiger partial charge in [-0.25, -0.2) is 4.39 Å². The van der Waals surface area contributed by atoms with Crippen LogP contribution < -0.4 is 10.2 Å². The van der Waals surface area contributed by atoms with E-state index in [1.54, 1.807) is 35.2 Å². The highest BCUT2D eigenvalue weighted by Crippen LogP contribution is 2.42. The molecule has 0 spiro atoms. The van der Waals surface area contributed by atoms with Crippen LogP contribution >= 0.6 is 11.8 Å². The van der Waals surface area contributed by atoms with Crippen LogP contribution in [0.15, 0.2) is 82.6 Å². The molecule has 2 amide bonds. The van der Waals surface area contributed by atoms with Gasteiger partial charge in [-0.2, -0.15) is 0 Å². The first-order valence-corrected chi connectivity index (χ1v) is 12.8. The number of para-hydroxylation sites is 1. The molecule has 5 nitrogen and oxygen atoms in total. The summed E-state index contributed by atoms with van der Waals surface area (Å²) in [6.07, 6.45) is 2.73. The summed E-state index contributed by atoms with van der Waals surface area (Å²) in [4.78, 5) is 28.9. The van der Waals surface area contributed by atoms with Gasteiger partial charge >= 0.3 is 0 Å². The third-order valence-corrected chi connectivity index (χ3v) is 6.72. The second-order valence-corrected chi connectivity index (χ2v) is 9.80. The van der Waals surface area contributed by atoms with Gasteiger partial charge in [-0.3, -0.25) is 9.59 Å². The van der Waals surface area contributed by atoms with Crippen LogP contribution in [0.5, 0.6) is 0 Å². The van der Waals surface area contributed by atoms with Crippen molar-refractivity contribution in [1.29, 1.82) is 0 Å². The highest BCUT2D eigenvalue weighted by molar-refractivity contribution is 8.04. The van der Waals surface area contributed by atoms with E-state index in [9.17, 15) is 14.0 Å². The second kappa shape index (κ2) is 12.0. The van der Waals surface area contributed by atoms with Crippen molar-refractivity contribution >= 4 is 35.3 Å². The lowest BCUT2D eigenvalue weighted by molar-refractivity contribution is -0.114. The normalized spacial score (nSPS) is 14.3. The Morgan fingerprint density at radius 1 is 1.06 bits per heavy atom. The predicted octanol–water partition coefficient (Wildman–Crippen LogP) is 6.05. The number of nitrogens with zero attached hydrogens (tertiary/aromatic N) is 1. The number of halogens is 1. The third-order valence-electron chi connectivity index (χ3n) is 5.65. The molecule has 3 aromatic carbocycles. The van der Waals surface area contributed by atoms with Gasteiger partial charge < -0.3 is 15.0 Å². The SMILES string of the molecule is CC(C)OCCCNC(=O)c1ccc(C=C2Sc3ccccc3N(Cc3ccccc3F)C2=O)cc1. The zero-order valence-electron chi connectivity index (χ0n) is 20.4. The van der Waals surface area contributed by atoms with E-state index < -0.39 is 0 Å². The first-order chi connectivity index (χ1) is 17.4. The number of hydrogen-bond acceptors (Lipinski definition) is 4. The Labute approximate surface area is 215 Å². The van der Waals surface area contributed by atoms with E-state index in [0.717, 1.165) is 22.6 Å². The maximum Gasteiger partial charge on any atom is 0.265 e. The molecule has 0 unspecified atom stereocenters. The summed E-state index contributed by atoms with van der Waals surface area (Å²) in [6, 6.07) is 21.2. The Hall–Kier alpha value is -3.42. The minimum atomic E-state index is -0.340. The molecular formula is C29H29FN2O3S. The number of carbonyl (C=O) groups is 2. The smallest absolute Gasteiger partial charge is 0.265 e. The molecule has 0 atom stereocenters. The average molecular weight is 505 g/mol. The fraction of sp³-hybridized carbons (Fsp3) is 0.241. The molecule has 1 aliphatic rings. The zero-order chi connectivity index (χ0) is 25.5. The van der Waals surface area contributed by atoms with Crippen molar-refractivity contribution in [2.75, 3.05) is 18.1 Å². The van der Waals surface area contributed by atoms with Crippen LogP contribution in [0.3, 0.4) is 0 Å². The van der Waals surface area contributed by atoms with Crippen molar-refractivity contribution in [3.63, 3.8) is 0 Å². The van der Waals surface area contributed by atoms with Crippen molar-refractivity contribution in [3.05, 3.63) is 100 Å². The molecule has 0 saturated heterocycles. The van der Waals surface area contributed by atoms with Crippen molar-refractivity contribution in [3.8, 4) is 0 Å². The van der Waals surface area contributed by atoms with Gasteiger partial charge in [0.2, 0.25) is 0 Å². The molecule has 186 valence electrons. The highest BCUT2D eigenvalue weighted by Gasteiger charge is 2.29. The summed E-state index contributed by atoms with van der Waals surface area (Å²) in [5, 5.41) is 2.90. The van der Waals surface area contributed by atoms with Crippen LogP contribution in [-0.2, 0) is 16.1 Å². The van der Waals surface area contributed by atoms with Gasteiger partial charge in [0, 0.05) is 29.2 Å². The Bertz CT molecular complexity index is 1260. The molecule has 7 heteroatoms. The maximum absolute atomic E-state index is 14.3. The fourth-order valence-electron chi connectivity index (χ4n) is 3.79. The number of fused-ring (bicyclic) bond motifs is 1. The number of hydrogen-bond donors (Lipinski definition) is 1. The van der Waals surface area contributed by atoms with Gasteiger partial charge in [0.25, 0.3) is 11.8 Å². The molecule has 1 aliphatic heterocycles. The maximum atomic E-state index is 14.3. The molecule has 0 fully saturated rings. The molecule has 0 saturated carbocycles. The lowest BCUT2D eigenvalue weighted by Gasteiger charge is -2.30. The summed E-state index contributed by atoms with van der Waals surface area (Å²) >= 11 is 1.39. The van der Waals surface area contributed by atoms with Crippen LogP contribution in [0.1, 0.15) is 41.8 Å². The molecule has 1 heterocycles. The Balaban J connectivity index is 1.48. The first kappa shape index (κ1) is 25.7. The fourth-order valence-corrected chi connectivity index (χ4v) is 4.85. The van der Waals surface area contributed by atoms with Crippen molar-refractivity contribution in [2.45, 2.75) is 37.8 Å². The van der Waals surface area contributed by atoms with E-state index >= 15 is 0 Å². The minimum Gasteiger partial charge on any atom is -0.379 e. The Morgan fingerprint density at radius 3 is 2.53 bits per heavy atom. The molecule has 0 bridgehead atoms. The molecule has 1 N–H and O–H groups in total. The largest absolute Gasteiger partial charge is 0.379 e. The van der Waals surface area contributed by atoms with Crippen LogP contribution in [0.2, 0.25) is 0 Å². The van der Waals surface area contributed by atoms with Gasteiger partial charge in [0.15, 0.2) is 0 Å². The Kier molecular flexibility index (Phi) is 8.57. The number of nitrogens with one attached hydrogen (secondary N) is 1. The summed E-state index contributed by atoms with van der Waals surface area (Å²) in [5.41, 5.74) is 2.57. The highest BCUT2D eigenvalue weighted by atomic mass is 32.2. The number of thioether (sulfide) groups is 1. The van der Waals surface area contributed by atoms with E-state index in [0.29, 0.717) is 29.2 Å². The average Bonchev–Trinajstić information content (AvgIpc) is 2.87. The van der Waals surface area contributed by atoms with E-state index in [1.807, 2.05) is 56.3 Å². The molecule has 36 heavy (non-hydrogen) atoms. The van der Waals surface area contributed by atoms with E-state index in [4.69, 9.17) is 4.74 Å². The number of ether oxygens (including phenoxy) is 1. The minimum absolute atomic E-state index is 0.141. The van der Waals surface area contributed by atoms with Crippen molar-refractivity contribution in [1.82, 2.24) is 5.32 Å². The van der Waals surface area contributed by atoms with Crippen LogP contribution in [0.25, 0.3) is 6.08 Å². The van der Waals surface area contributed by atoms with Gasteiger partial charge in [-0.05, 0) is 62.2 Å². The van der Waals surface area contributed by atoms with Crippen LogP contribution in [0.4, 0.5) is 10.1 Å². The lowest BCUT2D eigenvalue weighted by atomic mass is 10.1. The van der Waals surface area contributed by atoms with Crippen LogP contribution in [-0.4, -0.2) is 31.1 Å². The van der Waals surface area contributed by atoms with E-state index in [1.165, 1.54) is 17.8 Å². The summed E-state index contributed by atoms with van der Waals surface area (Å²) in [7, 11) is 0. The number of amides is 2.